The number of hydrogen-bond donors (Lipinski definition) is 2. The van der Waals surface area contributed by atoms with Crippen molar-refractivity contribution in [3.8, 4) is 0 Å². The minimum atomic E-state index is -1.67. The van der Waals surface area contributed by atoms with Crippen LogP contribution >= 0.6 is 0 Å². The van der Waals surface area contributed by atoms with Gasteiger partial charge >= 0.3 is 0 Å². The van der Waals surface area contributed by atoms with E-state index in [1.54, 1.807) is 0 Å². The van der Waals surface area contributed by atoms with Gasteiger partial charge in [-0.05, 0) is 38.5 Å². The van der Waals surface area contributed by atoms with Crippen molar-refractivity contribution >= 4 is 11.9 Å². The Morgan fingerprint density at radius 1 is 0.528 bits per heavy atom. The highest BCUT2D eigenvalue weighted by Gasteiger charge is 2.39. The number of rotatable bonds is 22. The van der Waals surface area contributed by atoms with Crippen molar-refractivity contribution < 1.29 is 31.3 Å². The van der Waals surface area contributed by atoms with E-state index in [4.69, 9.17) is 0 Å². The summed E-state index contributed by atoms with van der Waals surface area (Å²) in [5, 5.41) is 20.4. The third kappa shape index (κ3) is 22.1. The molecule has 36 heavy (non-hydrogen) atoms. The van der Waals surface area contributed by atoms with Gasteiger partial charge in [0.25, 0.3) is 0 Å². The van der Waals surface area contributed by atoms with E-state index in [1.165, 1.54) is 128 Å². The summed E-state index contributed by atoms with van der Waals surface area (Å²) in [6, 6.07) is 0. The van der Waals surface area contributed by atoms with Gasteiger partial charge in [-0.1, -0.05) is 123 Å². The Labute approximate surface area is 223 Å². The second-order valence-electron chi connectivity index (χ2n) is 10.6. The zero-order valence-corrected chi connectivity index (χ0v) is 24.2. The summed E-state index contributed by atoms with van der Waals surface area (Å²) in [4.78, 5) is 20.4. The maximum absolute atomic E-state index is 10.2. The molecule has 0 aliphatic heterocycles. The summed E-state index contributed by atoms with van der Waals surface area (Å²) in [5.74, 6) is -3.03. The first-order valence-electron chi connectivity index (χ1n) is 15.4. The molecule has 1 aliphatic rings. The van der Waals surface area contributed by atoms with Gasteiger partial charge in [0, 0.05) is 5.41 Å². The smallest absolute Gasteiger partial charge is 0.0739 e. The predicted octanol–water partition coefficient (Wildman–Crippen LogP) is 3.95. The molecule has 1 rings (SSSR count). The lowest BCUT2D eigenvalue weighted by Crippen LogP contribution is -2.57. The molecule has 0 saturated heterocycles. The van der Waals surface area contributed by atoms with Gasteiger partial charge < -0.3 is 31.3 Å². The molecule has 0 bridgehead atoms. The van der Waals surface area contributed by atoms with Gasteiger partial charge in [0.1, 0.15) is 0 Å². The average molecular weight is 515 g/mol. The third-order valence-electron chi connectivity index (χ3n) is 7.20. The van der Waals surface area contributed by atoms with Gasteiger partial charge in [-0.25, -0.2) is 0 Å². The quantitative estimate of drug-likeness (QED) is 0.167. The lowest BCUT2D eigenvalue weighted by Gasteiger charge is -2.43. The standard InChI is InChI=1S/2C12H27N.C6H8O4/c2*1-2-3-4-5-6-7-8-9-10-11-12-13;7-4(8)6(5(9)10)2-1-3-6/h2*2-13H2,1H3;1-3H2,(H,7,8)(H,9,10). The van der Waals surface area contributed by atoms with Crippen LogP contribution in [0.3, 0.4) is 0 Å². The van der Waals surface area contributed by atoms with Crippen LogP contribution in [0.4, 0.5) is 0 Å². The van der Waals surface area contributed by atoms with E-state index in [0.29, 0.717) is 6.42 Å². The highest BCUT2D eigenvalue weighted by molar-refractivity contribution is 5.97. The van der Waals surface area contributed by atoms with E-state index in [9.17, 15) is 19.8 Å². The molecular weight excluding hydrogens is 452 g/mol. The molecule has 0 aromatic rings. The second kappa shape index (κ2) is 28.4. The predicted molar refractivity (Wildman–Crippen MR) is 145 cm³/mol. The van der Waals surface area contributed by atoms with Crippen LogP contribution in [0.25, 0.3) is 0 Å². The highest BCUT2D eigenvalue weighted by Crippen LogP contribution is 2.39. The first-order chi connectivity index (χ1) is 17.4. The van der Waals surface area contributed by atoms with Crippen molar-refractivity contribution in [3.63, 3.8) is 0 Å². The third-order valence-corrected chi connectivity index (χ3v) is 7.20. The Bertz CT molecular complexity index is 424. The molecule has 0 spiro atoms. The van der Waals surface area contributed by atoms with E-state index in [2.05, 4.69) is 25.3 Å². The van der Waals surface area contributed by atoms with Crippen molar-refractivity contribution in [2.24, 2.45) is 5.41 Å². The van der Waals surface area contributed by atoms with E-state index < -0.39 is 17.4 Å². The molecule has 1 aliphatic carbocycles. The van der Waals surface area contributed by atoms with Gasteiger partial charge in [-0.2, -0.15) is 0 Å². The molecule has 0 atom stereocenters. The van der Waals surface area contributed by atoms with E-state index >= 15 is 0 Å². The Kier molecular flexibility index (Phi) is 29.2. The molecule has 0 aromatic heterocycles. The largest absolute Gasteiger partial charge is 0.549 e. The Morgan fingerprint density at radius 2 is 0.778 bits per heavy atom. The van der Waals surface area contributed by atoms with Crippen LogP contribution in [0.1, 0.15) is 162 Å². The van der Waals surface area contributed by atoms with E-state index in [-0.39, 0.29) is 12.8 Å². The average Bonchev–Trinajstić information content (AvgIpc) is 2.82. The number of carboxylic acids is 2. The molecule has 1 fully saturated rings. The minimum Gasteiger partial charge on any atom is -0.549 e. The highest BCUT2D eigenvalue weighted by atomic mass is 16.4. The van der Waals surface area contributed by atoms with Gasteiger partial charge in [0.2, 0.25) is 0 Å². The number of aliphatic carboxylic acids is 2. The minimum absolute atomic E-state index is 0.150. The molecule has 216 valence electrons. The summed E-state index contributed by atoms with van der Waals surface area (Å²) in [6.07, 6.45) is 29.4. The zero-order chi connectivity index (χ0) is 27.3. The monoisotopic (exact) mass is 514 g/mol. The summed E-state index contributed by atoms with van der Waals surface area (Å²) in [7, 11) is 0. The van der Waals surface area contributed by atoms with Crippen molar-refractivity contribution in [2.45, 2.75) is 162 Å². The number of quaternary nitrogens is 2. The number of unbranched alkanes of at least 4 members (excludes halogenated alkanes) is 18. The molecule has 1 saturated carbocycles. The lowest BCUT2D eigenvalue weighted by atomic mass is 9.69. The number of carbonyl (C=O) groups is 2. The van der Waals surface area contributed by atoms with E-state index in [1.807, 2.05) is 0 Å². The first-order valence-corrected chi connectivity index (χ1v) is 15.4. The number of hydrogen-bond acceptors (Lipinski definition) is 4. The van der Waals surface area contributed by atoms with Gasteiger partial charge in [-0.15, -0.1) is 0 Å². The van der Waals surface area contributed by atoms with Crippen LogP contribution in [0, 0.1) is 5.41 Å². The lowest BCUT2D eigenvalue weighted by molar-refractivity contribution is -0.368. The molecule has 0 heterocycles. The maximum Gasteiger partial charge on any atom is 0.0739 e. The fourth-order valence-electron chi connectivity index (χ4n) is 4.35. The zero-order valence-electron chi connectivity index (χ0n) is 24.2. The van der Waals surface area contributed by atoms with Crippen LogP contribution < -0.4 is 21.7 Å². The Balaban J connectivity index is 0. The number of carboxylic acid groups (broad SMARTS) is 2. The van der Waals surface area contributed by atoms with Gasteiger partial charge in [-0.3, -0.25) is 0 Å². The summed E-state index contributed by atoms with van der Waals surface area (Å²) in [6.45, 7) is 6.80. The van der Waals surface area contributed by atoms with Crippen LogP contribution in [-0.4, -0.2) is 25.0 Å². The van der Waals surface area contributed by atoms with Gasteiger partial charge in [0.05, 0.1) is 25.0 Å². The van der Waals surface area contributed by atoms with Crippen LogP contribution in [0.15, 0.2) is 0 Å². The topological polar surface area (TPSA) is 136 Å². The second-order valence-corrected chi connectivity index (χ2v) is 10.6. The SMILES string of the molecule is CCCCCCCCCCCC[NH3+].CCCCCCCCCCCC[NH3+].O=C([O-])C1(C(=O)[O-])CCC1. The Morgan fingerprint density at radius 3 is 0.917 bits per heavy atom. The molecule has 6 nitrogen and oxygen atoms in total. The fraction of sp³-hybridized carbons (Fsp3) is 0.933. The molecular formula is C30H62N2O4. The fourth-order valence-corrected chi connectivity index (χ4v) is 4.35. The molecule has 6 N–H and O–H groups in total. The summed E-state index contributed by atoms with van der Waals surface area (Å²) < 4.78 is 0. The molecule has 6 heteroatoms. The van der Waals surface area contributed by atoms with Crippen LogP contribution in [0.5, 0.6) is 0 Å². The van der Waals surface area contributed by atoms with Crippen LogP contribution in [-0.2, 0) is 9.59 Å². The van der Waals surface area contributed by atoms with Crippen molar-refractivity contribution in [2.75, 3.05) is 13.1 Å². The summed E-state index contributed by atoms with van der Waals surface area (Å²) in [5.41, 5.74) is 6.04. The normalized spacial score (nSPS) is 13.6. The molecule has 0 aromatic carbocycles. The van der Waals surface area contributed by atoms with E-state index in [0.717, 1.165) is 13.1 Å². The maximum atomic E-state index is 10.2. The van der Waals surface area contributed by atoms with Gasteiger partial charge in [0.15, 0.2) is 0 Å². The van der Waals surface area contributed by atoms with Crippen molar-refractivity contribution in [1.29, 1.82) is 0 Å². The number of carbonyl (C=O) groups excluding carboxylic acids is 2. The van der Waals surface area contributed by atoms with Crippen molar-refractivity contribution in [3.05, 3.63) is 0 Å². The van der Waals surface area contributed by atoms with Crippen LogP contribution in [0.2, 0.25) is 0 Å². The Hall–Kier alpha value is -1.14. The molecule has 0 amide bonds. The van der Waals surface area contributed by atoms with Crippen molar-refractivity contribution in [1.82, 2.24) is 0 Å². The molecule has 0 radical (unpaired) electrons. The summed E-state index contributed by atoms with van der Waals surface area (Å²) >= 11 is 0. The first kappa shape index (κ1) is 37.0. The molecule has 0 unspecified atom stereocenters.